The summed E-state index contributed by atoms with van der Waals surface area (Å²) in [6.07, 6.45) is 1.30. The van der Waals surface area contributed by atoms with Crippen LogP contribution in [-0.2, 0) is 44.2 Å². The van der Waals surface area contributed by atoms with Crippen molar-refractivity contribution >= 4 is 8.32 Å². The zero-order valence-corrected chi connectivity index (χ0v) is 29.2. The third-order valence-electron chi connectivity index (χ3n) is 10.4. The van der Waals surface area contributed by atoms with Gasteiger partial charge in [-0.25, -0.2) is 0 Å². The van der Waals surface area contributed by atoms with Gasteiger partial charge in [-0.3, -0.25) is 0 Å². The molecule has 0 unspecified atom stereocenters. The highest BCUT2D eigenvalue weighted by molar-refractivity contribution is 6.74. The highest BCUT2D eigenvalue weighted by Crippen LogP contribution is 2.48. The van der Waals surface area contributed by atoms with Gasteiger partial charge in [-0.05, 0) is 48.4 Å². The van der Waals surface area contributed by atoms with Gasteiger partial charge in [0, 0.05) is 33.7 Å². The van der Waals surface area contributed by atoms with E-state index in [0.29, 0.717) is 31.7 Å². The van der Waals surface area contributed by atoms with Crippen molar-refractivity contribution in [2.24, 2.45) is 17.8 Å². The molecule has 2 aliphatic heterocycles. The van der Waals surface area contributed by atoms with Crippen molar-refractivity contribution in [2.45, 2.75) is 128 Å². The molecule has 0 aromatic heterocycles. The second-order valence-corrected chi connectivity index (χ2v) is 19.2. The quantitative estimate of drug-likeness (QED) is 0.227. The number of ether oxygens (including phenoxy) is 7. The number of benzene rings is 1. The predicted molar refractivity (Wildman–Crippen MR) is 170 cm³/mol. The van der Waals surface area contributed by atoms with E-state index in [0.717, 1.165) is 18.4 Å². The molecule has 0 amide bonds. The van der Waals surface area contributed by atoms with Gasteiger partial charge >= 0.3 is 0 Å². The van der Waals surface area contributed by atoms with Gasteiger partial charge in [-0.1, -0.05) is 65.0 Å². The third kappa shape index (κ3) is 8.89. The maximum Gasteiger partial charge on any atom is 0.192 e. The van der Waals surface area contributed by atoms with Crippen molar-refractivity contribution in [3.05, 3.63) is 35.9 Å². The first-order chi connectivity index (χ1) is 20.4. The Kier molecular flexibility index (Phi) is 12.3. The molecular weight excluding hydrogens is 564 g/mol. The molecule has 11 atom stereocenters. The molecule has 0 N–H and O–H groups in total. The van der Waals surface area contributed by atoms with Crippen molar-refractivity contribution in [1.82, 2.24) is 0 Å². The van der Waals surface area contributed by atoms with Gasteiger partial charge in [0.25, 0.3) is 0 Å². The van der Waals surface area contributed by atoms with Crippen LogP contribution in [0, 0.1) is 17.8 Å². The monoisotopic (exact) mass is 622 g/mol. The minimum absolute atomic E-state index is 0.0105. The van der Waals surface area contributed by atoms with Crippen LogP contribution in [0.2, 0.25) is 18.1 Å². The minimum Gasteiger partial charge on any atom is -0.414 e. The van der Waals surface area contributed by atoms with Gasteiger partial charge in [0.2, 0.25) is 0 Å². The van der Waals surface area contributed by atoms with E-state index >= 15 is 0 Å². The molecule has 3 fully saturated rings. The third-order valence-corrected chi connectivity index (χ3v) is 14.9. The van der Waals surface area contributed by atoms with E-state index in [1.54, 1.807) is 21.3 Å². The highest BCUT2D eigenvalue weighted by atomic mass is 28.4. The second kappa shape index (κ2) is 15.1. The Bertz CT molecular complexity index is 971. The largest absolute Gasteiger partial charge is 0.414 e. The summed E-state index contributed by atoms with van der Waals surface area (Å²) in [6.45, 7) is 17.6. The average molecular weight is 623 g/mol. The van der Waals surface area contributed by atoms with E-state index in [1.165, 1.54) is 6.42 Å². The van der Waals surface area contributed by atoms with Crippen LogP contribution in [0.25, 0.3) is 0 Å². The fraction of sp³-hybridized carbons (Fsp3) is 0.824. The summed E-state index contributed by atoms with van der Waals surface area (Å²) in [5, 5.41) is 0.149. The van der Waals surface area contributed by atoms with Crippen molar-refractivity contribution in [2.75, 3.05) is 34.5 Å². The first-order valence-electron chi connectivity index (χ1n) is 16.2. The number of hydrogen-bond acceptors (Lipinski definition) is 8. The molecule has 1 aromatic rings. The van der Waals surface area contributed by atoms with Crippen molar-refractivity contribution in [3.8, 4) is 0 Å². The molecule has 9 heteroatoms. The van der Waals surface area contributed by atoms with Crippen LogP contribution in [0.4, 0.5) is 0 Å². The van der Waals surface area contributed by atoms with E-state index in [-0.39, 0.29) is 47.6 Å². The molecule has 2 saturated heterocycles. The van der Waals surface area contributed by atoms with E-state index in [1.807, 2.05) is 18.2 Å². The molecule has 8 nitrogen and oxygen atoms in total. The van der Waals surface area contributed by atoms with E-state index in [9.17, 15) is 0 Å². The Balaban J connectivity index is 1.50. The molecule has 43 heavy (non-hydrogen) atoms. The molecule has 2 heterocycles. The fourth-order valence-electron chi connectivity index (χ4n) is 6.29. The highest BCUT2D eigenvalue weighted by Gasteiger charge is 2.49. The standard InChI is InChI=1S/C34H58O8Si/c1-22-16-26(22)28(42-43(9,10)34(3,4)5)18-25-17-27(41-33-32(37-8)31(36-7)30(35-6)21-39-33)23(2)29(40-25)20-38-19-24-14-12-11-13-15-24/h11-15,22-23,25-33H,16-21H2,1-10H3/t22-,23-,25+,26-,27+,28+,29+,30-,31+,32-,33+/m1/s1. The molecule has 1 aromatic carbocycles. The van der Waals surface area contributed by atoms with E-state index < -0.39 is 20.7 Å². The van der Waals surface area contributed by atoms with Crippen molar-refractivity contribution in [3.63, 3.8) is 0 Å². The summed E-state index contributed by atoms with van der Waals surface area (Å²) in [6, 6.07) is 10.3. The summed E-state index contributed by atoms with van der Waals surface area (Å²) in [4.78, 5) is 0. The SMILES string of the molecule is CO[C@@H]1[C@@H](OC)[C@H](O[C@H]2C[C@@H](C[C@H](O[Si](C)(C)C(C)(C)C)[C@@H]3C[C@H]3C)O[C@@H](COCc3ccccc3)[C@@H]2C)OC[C@H]1OC. The minimum atomic E-state index is -1.96. The van der Waals surface area contributed by atoms with E-state index in [4.69, 9.17) is 37.6 Å². The summed E-state index contributed by atoms with van der Waals surface area (Å²) in [5.41, 5.74) is 1.15. The average Bonchev–Trinajstić information content (AvgIpc) is 3.70. The summed E-state index contributed by atoms with van der Waals surface area (Å²) >= 11 is 0. The molecule has 0 radical (unpaired) electrons. The number of hydrogen-bond donors (Lipinski definition) is 0. The maximum atomic E-state index is 7.08. The Hall–Kier alpha value is -0.883. The summed E-state index contributed by atoms with van der Waals surface area (Å²) in [7, 11) is 3.06. The fourth-order valence-corrected chi connectivity index (χ4v) is 7.67. The van der Waals surface area contributed by atoms with Gasteiger partial charge < -0.3 is 37.6 Å². The zero-order chi connectivity index (χ0) is 31.4. The number of rotatable bonds is 14. The number of methoxy groups -OCH3 is 3. The zero-order valence-electron chi connectivity index (χ0n) is 28.2. The molecule has 1 aliphatic carbocycles. The molecule has 3 aliphatic rings. The lowest BCUT2D eigenvalue weighted by Crippen LogP contribution is -2.58. The summed E-state index contributed by atoms with van der Waals surface area (Å²) < 4.78 is 50.4. The van der Waals surface area contributed by atoms with E-state index in [2.05, 4.69) is 59.8 Å². The summed E-state index contributed by atoms with van der Waals surface area (Å²) in [5.74, 6) is 1.36. The van der Waals surface area contributed by atoms with Gasteiger partial charge in [0.1, 0.15) is 18.3 Å². The molecule has 0 bridgehead atoms. The lowest BCUT2D eigenvalue weighted by molar-refractivity contribution is -0.310. The topological polar surface area (TPSA) is 73.8 Å². The van der Waals surface area contributed by atoms with Crippen LogP contribution in [0.15, 0.2) is 30.3 Å². The van der Waals surface area contributed by atoms with Crippen LogP contribution >= 0.6 is 0 Å². The molecule has 1 saturated carbocycles. The Morgan fingerprint density at radius 1 is 0.930 bits per heavy atom. The van der Waals surface area contributed by atoms with Gasteiger partial charge in [0.15, 0.2) is 14.6 Å². The second-order valence-electron chi connectivity index (χ2n) is 14.5. The van der Waals surface area contributed by atoms with Gasteiger partial charge in [0.05, 0.1) is 44.2 Å². The Morgan fingerprint density at radius 3 is 2.19 bits per heavy atom. The molecule has 4 rings (SSSR count). The van der Waals surface area contributed by atoms with Crippen LogP contribution in [-0.4, -0.2) is 91.9 Å². The van der Waals surface area contributed by atoms with Crippen molar-refractivity contribution < 1.29 is 37.6 Å². The maximum absolute atomic E-state index is 7.08. The Labute approximate surface area is 261 Å². The Morgan fingerprint density at radius 2 is 1.60 bits per heavy atom. The molecule has 246 valence electrons. The van der Waals surface area contributed by atoms with Crippen LogP contribution in [0.3, 0.4) is 0 Å². The van der Waals surface area contributed by atoms with Crippen molar-refractivity contribution in [1.29, 1.82) is 0 Å². The predicted octanol–water partition coefficient (Wildman–Crippen LogP) is 6.22. The molecular formula is C34H58O8Si. The lowest BCUT2D eigenvalue weighted by Gasteiger charge is -2.46. The van der Waals surface area contributed by atoms with Gasteiger partial charge in [-0.2, -0.15) is 0 Å². The smallest absolute Gasteiger partial charge is 0.192 e. The lowest BCUT2D eigenvalue weighted by atomic mass is 9.88. The van der Waals surface area contributed by atoms with Crippen LogP contribution in [0.1, 0.15) is 59.4 Å². The van der Waals surface area contributed by atoms with Crippen LogP contribution < -0.4 is 0 Å². The first kappa shape index (κ1) is 35.0. The first-order valence-corrected chi connectivity index (χ1v) is 19.1. The van der Waals surface area contributed by atoms with Gasteiger partial charge in [-0.15, -0.1) is 0 Å². The molecule has 0 spiro atoms. The normalized spacial score (nSPS) is 36.0. The van der Waals surface area contributed by atoms with Crippen LogP contribution in [0.5, 0.6) is 0 Å².